The fraction of sp³-hybridized carbons (Fsp3) is 0.389. The average Bonchev–Trinajstić information content (AvgIpc) is 3.36. The molecule has 3 atom stereocenters. The molecule has 26 heavy (non-hydrogen) atoms. The number of hydrogen-bond donors (Lipinski definition) is 2. The standard InChI is InChI=1S/C18H20N6O2/c1-11-21-22-23-24(11)16-4-2-3-15(9-16)20-18(26)17(25)19-10-14-8-12-5-6-13(14)7-12/h2-6,9,12-14H,7-8,10H2,1H3,(H,19,25)(H,20,26). The number of tetrazole rings is 1. The summed E-state index contributed by atoms with van der Waals surface area (Å²) in [6.45, 7) is 2.32. The molecule has 3 unspecified atom stereocenters. The summed E-state index contributed by atoms with van der Waals surface area (Å²) in [6.07, 6.45) is 6.76. The first-order valence-electron chi connectivity index (χ1n) is 8.73. The van der Waals surface area contributed by atoms with Crippen LogP contribution in [0.4, 0.5) is 5.69 Å². The third-order valence-corrected chi connectivity index (χ3v) is 5.12. The number of rotatable bonds is 4. The molecule has 1 saturated carbocycles. The Hall–Kier alpha value is -3.03. The predicted molar refractivity (Wildman–Crippen MR) is 94.4 cm³/mol. The van der Waals surface area contributed by atoms with Crippen molar-refractivity contribution in [1.29, 1.82) is 0 Å². The van der Waals surface area contributed by atoms with E-state index in [0.29, 0.717) is 41.5 Å². The first-order valence-corrected chi connectivity index (χ1v) is 8.73. The Kier molecular flexibility index (Phi) is 4.24. The van der Waals surface area contributed by atoms with E-state index in [2.05, 4.69) is 38.3 Å². The van der Waals surface area contributed by atoms with Crippen LogP contribution >= 0.6 is 0 Å². The van der Waals surface area contributed by atoms with Gasteiger partial charge in [0.2, 0.25) is 0 Å². The minimum absolute atomic E-state index is 0.438. The lowest BCUT2D eigenvalue weighted by Crippen LogP contribution is -2.38. The zero-order chi connectivity index (χ0) is 18.1. The van der Waals surface area contributed by atoms with Crippen LogP contribution in [0.3, 0.4) is 0 Å². The maximum absolute atomic E-state index is 12.2. The van der Waals surface area contributed by atoms with Gasteiger partial charge < -0.3 is 10.6 Å². The van der Waals surface area contributed by atoms with Crippen molar-refractivity contribution in [2.75, 3.05) is 11.9 Å². The number of fused-ring (bicyclic) bond motifs is 2. The summed E-state index contributed by atoms with van der Waals surface area (Å²) in [7, 11) is 0. The normalized spacial score (nSPS) is 23.2. The molecule has 2 aliphatic carbocycles. The second kappa shape index (κ2) is 6.70. The smallest absolute Gasteiger partial charge is 0.313 e. The van der Waals surface area contributed by atoms with E-state index in [0.717, 1.165) is 6.42 Å². The van der Waals surface area contributed by atoms with Crippen molar-refractivity contribution in [3.8, 4) is 5.69 Å². The number of aromatic nitrogens is 4. The van der Waals surface area contributed by atoms with Gasteiger partial charge in [0.05, 0.1) is 5.69 Å². The van der Waals surface area contributed by atoms with Gasteiger partial charge in [-0.1, -0.05) is 18.2 Å². The van der Waals surface area contributed by atoms with Gasteiger partial charge in [0.1, 0.15) is 0 Å². The minimum Gasteiger partial charge on any atom is -0.348 e. The van der Waals surface area contributed by atoms with Gasteiger partial charge >= 0.3 is 11.8 Å². The molecule has 1 fully saturated rings. The number of nitrogens with one attached hydrogen (secondary N) is 2. The van der Waals surface area contributed by atoms with E-state index >= 15 is 0 Å². The lowest BCUT2D eigenvalue weighted by atomic mass is 9.94. The van der Waals surface area contributed by atoms with Crippen LogP contribution in [0, 0.1) is 24.7 Å². The van der Waals surface area contributed by atoms with Crippen molar-refractivity contribution in [2.45, 2.75) is 19.8 Å². The van der Waals surface area contributed by atoms with Crippen molar-refractivity contribution < 1.29 is 9.59 Å². The molecule has 2 amide bonds. The number of hydrogen-bond acceptors (Lipinski definition) is 5. The second-order valence-electron chi connectivity index (χ2n) is 6.89. The molecule has 0 saturated heterocycles. The SMILES string of the molecule is Cc1nnnn1-c1cccc(NC(=O)C(=O)NCC2CC3C=CC2C3)c1. The van der Waals surface area contributed by atoms with Crippen LogP contribution in [0.25, 0.3) is 5.69 Å². The quantitative estimate of drug-likeness (QED) is 0.637. The van der Waals surface area contributed by atoms with Crippen LogP contribution in [0.5, 0.6) is 0 Å². The van der Waals surface area contributed by atoms with E-state index in [-0.39, 0.29) is 0 Å². The molecule has 2 aromatic rings. The van der Waals surface area contributed by atoms with E-state index in [1.807, 2.05) is 6.07 Å². The van der Waals surface area contributed by atoms with Gasteiger partial charge in [-0.2, -0.15) is 4.68 Å². The number of nitrogens with zero attached hydrogens (tertiary/aromatic N) is 4. The highest BCUT2D eigenvalue weighted by atomic mass is 16.2. The van der Waals surface area contributed by atoms with Crippen LogP contribution in [0.15, 0.2) is 36.4 Å². The molecule has 0 aliphatic heterocycles. The van der Waals surface area contributed by atoms with Crippen LogP contribution in [-0.4, -0.2) is 38.6 Å². The van der Waals surface area contributed by atoms with E-state index in [9.17, 15) is 9.59 Å². The maximum atomic E-state index is 12.2. The maximum Gasteiger partial charge on any atom is 0.313 e. The Morgan fingerprint density at radius 3 is 2.81 bits per heavy atom. The molecular formula is C18H20N6O2. The molecule has 2 bridgehead atoms. The fourth-order valence-electron chi connectivity index (χ4n) is 3.81. The van der Waals surface area contributed by atoms with Crippen molar-refractivity contribution in [3.63, 3.8) is 0 Å². The highest BCUT2D eigenvalue weighted by Gasteiger charge is 2.35. The van der Waals surface area contributed by atoms with Gasteiger partial charge in [-0.3, -0.25) is 9.59 Å². The van der Waals surface area contributed by atoms with Gasteiger partial charge in [0.25, 0.3) is 0 Å². The Labute approximate surface area is 150 Å². The van der Waals surface area contributed by atoms with Gasteiger partial charge in [-0.25, -0.2) is 0 Å². The van der Waals surface area contributed by atoms with Crippen molar-refractivity contribution >= 4 is 17.5 Å². The fourth-order valence-corrected chi connectivity index (χ4v) is 3.81. The lowest BCUT2D eigenvalue weighted by Gasteiger charge is -2.18. The minimum atomic E-state index is -0.672. The number of anilines is 1. The Morgan fingerprint density at radius 1 is 1.23 bits per heavy atom. The summed E-state index contributed by atoms with van der Waals surface area (Å²) < 4.78 is 1.55. The molecule has 1 aromatic carbocycles. The predicted octanol–water partition coefficient (Wildman–Crippen LogP) is 1.24. The molecule has 2 N–H and O–H groups in total. The Balaban J connectivity index is 1.35. The monoisotopic (exact) mass is 352 g/mol. The molecule has 1 heterocycles. The zero-order valence-electron chi connectivity index (χ0n) is 14.4. The first-order chi connectivity index (χ1) is 12.6. The van der Waals surface area contributed by atoms with E-state index in [1.54, 1.807) is 29.8 Å². The summed E-state index contributed by atoms with van der Waals surface area (Å²) >= 11 is 0. The summed E-state index contributed by atoms with van der Waals surface area (Å²) in [5.41, 5.74) is 1.22. The zero-order valence-corrected chi connectivity index (χ0v) is 14.4. The summed E-state index contributed by atoms with van der Waals surface area (Å²) in [4.78, 5) is 24.3. The number of carbonyl (C=O) groups excluding carboxylic acids is 2. The largest absolute Gasteiger partial charge is 0.348 e. The Morgan fingerprint density at radius 2 is 2.12 bits per heavy atom. The van der Waals surface area contributed by atoms with E-state index in [4.69, 9.17) is 0 Å². The highest BCUT2D eigenvalue weighted by Crippen LogP contribution is 2.42. The number of aryl methyl sites for hydroxylation is 1. The molecule has 4 rings (SSSR count). The molecule has 134 valence electrons. The second-order valence-corrected chi connectivity index (χ2v) is 6.89. The number of carbonyl (C=O) groups is 2. The lowest BCUT2D eigenvalue weighted by molar-refractivity contribution is -0.136. The summed E-state index contributed by atoms with van der Waals surface area (Å²) in [6, 6.07) is 7.03. The summed E-state index contributed by atoms with van der Waals surface area (Å²) in [5.74, 6) is 0.974. The third kappa shape index (κ3) is 3.22. The third-order valence-electron chi connectivity index (χ3n) is 5.12. The molecule has 2 aliphatic rings. The highest BCUT2D eigenvalue weighted by molar-refractivity contribution is 6.39. The van der Waals surface area contributed by atoms with Crippen LogP contribution in [-0.2, 0) is 9.59 Å². The van der Waals surface area contributed by atoms with E-state index < -0.39 is 11.8 Å². The summed E-state index contributed by atoms with van der Waals surface area (Å²) in [5, 5.41) is 16.7. The van der Waals surface area contributed by atoms with Gasteiger partial charge in [0, 0.05) is 12.2 Å². The topological polar surface area (TPSA) is 102 Å². The van der Waals surface area contributed by atoms with Crippen LogP contribution in [0.2, 0.25) is 0 Å². The van der Waals surface area contributed by atoms with Crippen LogP contribution in [0.1, 0.15) is 18.7 Å². The van der Waals surface area contributed by atoms with Crippen molar-refractivity contribution in [1.82, 2.24) is 25.5 Å². The molecule has 8 heteroatoms. The van der Waals surface area contributed by atoms with Crippen LogP contribution < -0.4 is 10.6 Å². The average molecular weight is 352 g/mol. The van der Waals surface area contributed by atoms with E-state index in [1.165, 1.54) is 6.42 Å². The van der Waals surface area contributed by atoms with Crippen molar-refractivity contribution in [3.05, 3.63) is 42.2 Å². The first kappa shape index (κ1) is 16.4. The molecular weight excluding hydrogens is 332 g/mol. The van der Waals surface area contributed by atoms with Gasteiger partial charge in [-0.05, 0) is 66.1 Å². The number of amides is 2. The van der Waals surface area contributed by atoms with Crippen molar-refractivity contribution in [2.24, 2.45) is 17.8 Å². The molecule has 1 aromatic heterocycles. The Bertz CT molecular complexity index is 874. The van der Waals surface area contributed by atoms with Gasteiger partial charge in [0.15, 0.2) is 5.82 Å². The molecule has 8 nitrogen and oxygen atoms in total. The number of benzene rings is 1. The molecule has 0 radical (unpaired) electrons. The number of allylic oxidation sites excluding steroid dienone is 2. The van der Waals surface area contributed by atoms with Gasteiger partial charge in [-0.15, -0.1) is 5.10 Å². The molecule has 0 spiro atoms.